The molecule has 0 spiro atoms. The van der Waals surface area contributed by atoms with Crippen molar-refractivity contribution in [3.8, 4) is 0 Å². The van der Waals surface area contributed by atoms with Crippen molar-refractivity contribution in [1.29, 1.82) is 0 Å². The van der Waals surface area contributed by atoms with Crippen LogP contribution in [0.15, 0.2) is 18.4 Å². The molecule has 2 heterocycles. The zero-order valence-corrected chi connectivity index (χ0v) is 10.8. The minimum Gasteiger partial charge on any atom is -0.480 e. The molecule has 0 fully saturated rings. The number of carboxylic acid groups (broad SMARTS) is 1. The highest BCUT2D eigenvalue weighted by Gasteiger charge is 2.11. The highest BCUT2D eigenvalue weighted by molar-refractivity contribution is 7.06. The molecule has 0 aliphatic carbocycles. The topological polar surface area (TPSA) is 66.3 Å². The summed E-state index contributed by atoms with van der Waals surface area (Å²) in [6.45, 7) is 2.47. The number of halogens is 1. The smallest absolute Gasteiger partial charge is 0.323 e. The standard InChI is InChI=1S/C10H11N3O2S.ClH/c1-7-11-10(16-12-7)8-2-4-13(5-3-8)6-9(14)15;/h2-4H,5-6H2,1H3,(H,14,15);1H. The van der Waals surface area contributed by atoms with Gasteiger partial charge in [-0.15, -0.1) is 12.4 Å². The molecule has 0 aromatic carbocycles. The van der Waals surface area contributed by atoms with Gasteiger partial charge in [0.2, 0.25) is 0 Å². The number of aliphatic carboxylic acids is 1. The molecule has 0 bridgehead atoms. The zero-order chi connectivity index (χ0) is 11.5. The Hall–Kier alpha value is -1.40. The maximum atomic E-state index is 10.5. The molecule has 0 saturated heterocycles. The van der Waals surface area contributed by atoms with Gasteiger partial charge in [0.15, 0.2) is 0 Å². The fraction of sp³-hybridized carbons (Fsp3) is 0.300. The molecule has 92 valence electrons. The molecule has 5 nitrogen and oxygen atoms in total. The van der Waals surface area contributed by atoms with Gasteiger partial charge in [-0.3, -0.25) is 4.79 Å². The number of allylic oxidation sites excluding steroid dienone is 2. The minimum atomic E-state index is -0.826. The van der Waals surface area contributed by atoms with Crippen LogP contribution >= 0.6 is 23.9 Å². The lowest BCUT2D eigenvalue weighted by molar-refractivity contribution is -0.137. The van der Waals surface area contributed by atoms with Crippen molar-refractivity contribution < 1.29 is 9.90 Å². The van der Waals surface area contributed by atoms with Crippen LogP contribution in [0.1, 0.15) is 10.8 Å². The van der Waals surface area contributed by atoms with Gasteiger partial charge in [0, 0.05) is 18.3 Å². The fourth-order valence-corrected chi connectivity index (χ4v) is 2.08. The number of carbonyl (C=O) groups is 1. The van der Waals surface area contributed by atoms with Gasteiger partial charge in [0.25, 0.3) is 0 Å². The van der Waals surface area contributed by atoms with E-state index in [1.54, 1.807) is 11.1 Å². The van der Waals surface area contributed by atoms with Gasteiger partial charge >= 0.3 is 5.97 Å². The van der Waals surface area contributed by atoms with E-state index in [1.165, 1.54) is 11.5 Å². The van der Waals surface area contributed by atoms with Crippen LogP contribution in [-0.2, 0) is 4.79 Å². The predicted molar refractivity (Wildman–Crippen MR) is 68.2 cm³/mol. The highest BCUT2D eigenvalue weighted by Crippen LogP contribution is 2.20. The van der Waals surface area contributed by atoms with Crippen molar-refractivity contribution in [2.45, 2.75) is 6.92 Å². The van der Waals surface area contributed by atoms with Crippen LogP contribution in [0.2, 0.25) is 0 Å². The van der Waals surface area contributed by atoms with Gasteiger partial charge in [0.05, 0.1) is 0 Å². The number of hydrogen-bond acceptors (Lipinski definition) is 5. The van der Waals surface area contributed by atoms with Crippen molar-refractivity contribution in [2.75, 3.05) is 13.1 Å². The molecule has 1 aliphatic rings. The Bertz CT molecular complexity index is 470. The summed E-state index contributed by atoms with van der Waals surface area (Å²) in [5.41, 5.74) is 1.01. The first-order valence-electron chi connectivity index (χ1n) is 4.80. The van der Waals surface area contributed by atoms with E-state index in [2.05, 4.69) is 9.36 Å². The summed E-state index contributed by atoms with van der Waals surface area (Å²) in [5, 5.41) is 9.51. The van der Waals surface area contributed by atoms with Crippen LogP contribution in [0.3, 0.4) is 0 Å². The van der Waals surface area contributed by atoms with Gasteiger partial charge in [-0.2, -0.15) is 4.37 Å². The van der Waals surface area contributed by atoms with Gasteiger partial charge < -0.3 is 10.0 Å². The summed E-state index contributed by atoms with van der Waals surface area (Å²) < 4.78 is 4.11. The second-order valence-corrected chi connectivity index (χ2v) is 4.20. The van der Waals surface area contributed by atoms with Crippen molar-refractivity contribution in [1.82, 2.24) is 14.3 Å². The Kier molecular flexibility index (Phi) is 4.65. The second kappa shape index (κ2) is 5.79. The number of aryl methyl sites for hydroxylation is 1. The van der Waals surface area contributed by atoms with E-state index in [4.69, 9.17) is 5.11 Å². The molecule has 0 radical (unpaired) electrons. The lowest BCUT2D eigenvalue weighted by atomic mass is 10.2. The van der Waals surface area contributed by atoms with Crippen LogP contribution in [0, 0.1) is 6.92 Å². The van der Waals surface area contributed by atoms with Gasteiger partial charge in [-0.05, 0) is 24.5 Å². The molecule has 0 saturated carbocycles. The molecule has 1 aromatic heterocycles. The average Bonchev–Trinajstić information content (AvgIpc) is 2.65. The van der Waals surface area contributed by atoms with E-state index in [1.807, 2.05) is 19.1 Å². The van der Waals surface area contributed by atoms with E-state index in [9.17, 15) is 4.79 Å². The Morgan fingerprint density at radius 3 is 2.88 bits per heavy atom. The molecule has 0 atom stereocenters. The molecule has 7 heteroatoms. The van der Waals surface area contributed by atoms with E-state index >= 15 is 0 Å². The molecular formula is C10H12ClN3O2S. The monoisotopic (exact) mass is 273 g/mol. The molecule has 17 heavy (non-hydrogen) atoms. The van der Waals surface area contributed by atoms with Crippen LogP contribution in [-0.4, -0.2) is 38.4 Å². The third kappa shape index (κ3) is 3.54. The number of rotatable bonds is 3. The Morgan fingerprint density at radius 1 is 1.65 bits per heavy atom. The van der Waals surface area contributed by atoms with Gasteiger partial charge in [-0.25, -0.2) is 4.98 Å². The lowest BCUT2D eigenvalue weighted by Crippen LogP contribution is -2.26. The Labute approximate surface area is 109 Å². The molecule has 0 amide bonds. The van der Waals surface area contributed by atoms with Gasteiger partial charge in [-0.1, -0.05) is 6.08 Å². The molecule has 1 aromatic rings. The molecular weight excluding hydrogens is 262 g/mol. The Balaban J connectivity index is 0.00000144. The SMILES string of the molecule is Cc1nsc(C2=CCN(CC(=O)O)C=C2)n1.Cl. The summed E-state index contributed by atoms with van der Waals surface area (Å²) in [4.78, 5) is 16.5. The first-order chi connectivity index (χ1) is 7.65. The maximum absolute atomic E-state index is 10.5. The third-order valence-corrected chi connectivity index (χ3v) is 2.98. The summed E-state index contributed by atoms with van der Waals surface area (Å²) in [5.74, 6) is -0.0597. The number of hydrogen-bond donors (Lipinski definition) is 1. The molecule has 0 unspecified atom stereocenters. The van der Waals surface area contributed by atoms with E-state index in [-0.39, 0.29) is 19.0 Å². The Morgan fingerprint density at radius 2 is 2.41 bits per heavy atom. The molecule has 1 aliphatic heterocycles. The minimum absolute atomic E-state index is 0. The number of nitrogens with zero attached hydrogens (tertiary/aromatic N) is 3. The average molecular weight is 274 g/mol. The summed E-state index contributed by atoms with van der Waals surface area (Å²) in [6.07, 6.45) is 5.61. The van der Waals surface area contributed by atoms with Gasteiger partial charge in [0.1, 0.15) is 17.4 Å². The van der Waals surface area contributed by atoms with Crippen LogP contribution in [0.5, 0.6) is 0 Å². The van der Waals surface area contributed by atoms with Crippen LogP contribution in [0.25, 0.3) is 5.57 Å². The van der Waals surface area contributed by atoms with Crippen molar-refractivity contribution in [3.05, 3.63) is 29.2 Å². The van der Waals surface area contributed by atoms with E-state index < -0.39 is 5.97 Å². The maximum Gasteiger partial charge on any atom is 0.323 e. The first kappa shape index (κ1) is 13.7. The largest absolute Gasteiger partial charge is 0.480 e. The van der Waals surface area contributed by atoms with Crippen LogP contribution in [0.4, 0.5) is 0 Å². The highest BCUT2D eigenvalue weighted by atomic mass is 35.5. The summed E-state index contributed by atoms with van der Waals surface area (Å²) >= 11 is 1.36. The van der Waals surface area contributed by atoms with E-state index in [0.29, 0.717) is 6.54 Å². The second-order valence-electron chi connectivity index (χ2n) is 3.45. The van der Waals surface area contributed by atoms with E-state index in [0.717, 1.165) is 16.4 Å². The molecule has 2 rings (SSSR count). The summed E-state index contributed by atoms with van der Waals surface area (Å²) in [6, 6.07) is 0. The fourth-order valence-electron chi connectivity index (χ4n) is 1.39. The normalized spacial score (nSPS) is 14.2. The molecule has 1 N–H and O–H groups in total. The van der Waals surface area contributed by atoms with Crippen molar-refractivity contribution >= 4 is 35.5 Å². The quantitative estimate of drug-likeness (QED) is 0.905. The predicted octanol–water partition coefficient (Wildman–Crippen LogP) is 1.57. The number of carboxylic acids is 1. The lowest BCUT2D eigenvalue weighted by Gasteiger charge is -2.19. The first-order valence-corrected chi connectivity index (χ1v) is 5.57. The summed E-state index contributed by atoms with van der Waals surface area (Å²) in [7, 11) is 0. The third-order valence-electron chi connectivity index (χ3n) is 2.12. The number of aromatic nitrogens is 2. The van der Waals surface area contributed by atoms with Crippen LogP contribution < -0.4 is 0 Å². The zero-order valence-electron chi connectivity index (χ0n) is 9.16. The van der Waals surface area contributed by atoms with Crippen molar-refractivity contribution in [2.24, 2.45) is 0 Å². The van der Waals surface area contributed by atoms with Crippen molar-refractivity contribution in [3.63, 3.8) is 0 Å².